The van der Waals surface area contributed by atoms with Crippen LogP contribution < -0.4 is 0 Å². The molecule has 6 fully saturated rings. The second-order valence-electron chi connectivity index (χ2n) is 16.5. The van der Waals surface area contributed by atoms with E-state index in [2.05, 4.69) is 0 Å². The van der Waals surface area contributed by atoms with Crippen LogP contribution in [0.3, 0.4) is 0 Å². The number of hydrogen-bond acceptors (Lipinski definition) is 14. The van der Waals surface area contributed by atoms with Crippen LogP contribution in [0.4, 0.5) is 0 Å². The Hall–Kier alpha value is -4.01. The molecule has 1 aromatic heterocycles. The Morgan fingerprint density at radius 2 is 1.68 bits per heavy atom. The Morgan fingerprint density at radius 1 is 0.962 bits per heavy atom. The second kappa shape index (κ2) is 10.8. The highest BCUT2D eigenvalue weighted by Crippen LogP contribution is 2.90. The molecule has 286 valence electrons. The van der Waals surface area contributed by atoms with Gasteiger partial charge >= 0.3 is 29.8 Å². The number of carbonyl (C=O) groups is 5. The molecule has 53 heavy (non-hydrogen) atoms. The molecular formula is C39H46O14. The van der Waals surface area contributed by atoms with Crippen LogP contribution in [0.25, 0.3) is 0 Å². The third-order valence-electron chi connectivity index (χ3n) is 14.2. The number of rotatable bonds is 8. The molecule has 0 amide bonds. The van der Waals surface area contributed by atoms with Crippen molar-refractivity contribution in [2.45, 2.75) is 134 Å². The van der Waals surface area contributed by atoms with E-state index in [1.165, 1.54) is 32.6 Å². The fourth-order valence-corrected chi connectivity index (χ4v) is 12.4. The average molecular weight is 739 g/mol. The molecule has 0 radical (unpaired) electrons. The fourth-order valence-electron chi connectivity index (χ4n) is 12.4. The molecule has 4 saturated carbocycles. The van der Waals surface area contributed by atoms with Gasteiger partial charge in [0.2, 0.25) is 5.60 Å². The number of hydrogen-bond donors (Lipinski definition) is 0. The summed E-state index contributed by atoms with van der Waals surface area (Å²) in [5.74, 6) is -5.95. The van der Waals surface area contributed by atoms with Crippen molar-refractivity contribution in [3.63, 3.8) is 0 Å². The summed E-state index contributed by atoms with van der Waals surface area (Å²) in [7, 11) is 1.30. The van der Waals surface area contributed by atoms with E-state index in [0.29, 0.717) is 17.6 Å². The predicted octanol–water partition coefficient (Wildman–Crippen LogP) is 4.70. The van der Waals surface area contributed by atoms with Crippen molar-refractivity contribution < 1.29 is 66.3 Å². The Labute approximate surface area is 306 Å². The van der Waals surface area contributed by atoms with Crippen LogP contribution >= 0.6 is 0 Å². The minimum absolute atomic E-state index is 0.0840. The highest BCUT2D eigenvalue weighted by Gasteiger charge is 3.05. The molecule has 12 atom stereocenters. The summed E-state index contributed by atoms with van der Waals surface area (Å²) in [6.07, 6.45) is 2.56. The molecule has 2 spiro atoms. The standard InChI is InChI=1S/C39H46O14/c1-10-20(3)29(44)49-30-33(6)19-37-34(7,23(33)16-26(42)45-9)36-14-13-32(5)24(17-27(43)47-28(32)22-12-15-46-18-22)38(36,53-35(8,51-36)52-37)31(48-25(41)11-2)39(30,37)50-21(4)40/h10,12,15,17-18,23,28,30-31H,11,13-14,16,19H2,1-9H3/b20-10+/t23-,28-,30-,31-,32+,33+,34-,35+,36?,37+,38?,39+/m0/s1. The monoisotopic (exact) mass is 738 g/mol. The number of furan rings is 1. The summed E-state index contributed by atoms with van der Waals surface area (Å²) in [5, 5.41) is 0. The first-order valence-corrected chi connectivity index (χ1v) is 18.2. The minimum Gasteiger partial charge on any atom is -0.472 e. The van der Waals surface area contributed by atoms with Crippen LogP contribution in [-0.2, 0) is 61.9 Å². The quantitative estimate of drug-likeness (QED) is 0.204. The molecule has 8 rings (SSSR count). The Morgan fingerprint density at radius 3 is 2.30 bits per heavy atom. The van der Waals surface area contributed by atoms with E-state index in [9.17, 15) is 24.0 Å². The molecule has 2 saturated heterocycles. The number of carbonyl (C=O) groups excluding carboxylic acids is 5. The summed E-state index contributed by atoms with van der Waals surface area (Å²) in [4.78, 5) is 69.0. The van der Waals surface area contributed by atoms with Crippen molar-refractivity contribution in [2.75, 3.05) is 7.11 Å². The summed E-state index contributed by atoms with van der Waals surface area (Å²) in [5.41, 5.74) is -9.44. The van der Waals surface area contributed by atoms with Crippen LogP contribution in [0.5, 0.6) is 0 Å². The summed E-state index contributed by atoms with van der Waals surface area (Å²) in [6.45, 7) is 13.5. The number of methoxy groups -OCH3 is 1. The van der Waals surface area contributed by atoms with Gasteiger partial charge in [0.25, 0.3) is 5.97 Å². The first kappa shape index (κ1) is 36.0. The first-order valence-electron chi connectivity index (χ1n) is 18.2. The minimum atomic E-state index is -2.10. The molecule has 3 aliphatic heterocycles. The van der Waals surface area contributed by atoms with Crippen LogP contribution in [0, 0.1) is 22.2 Å². The molecule has 4 aliphatic carbocycles. The SMILES string of the molecule is C/C=C(\C)C(=O)O[C@H]1[C@]2(C)C[C@@]34O[C@]5(C)OC6(C7=CC(=O)O[C@@H](c8ccoc8)[C@]7(C)CCC6(O5)[C@]3(C)[C@H]2CC(=O)OC)[C@H](OC(=O)CC)[C@]14OC(C)=O. The van der Waals surface area contributed by atoms with E-state index in [1.807, 2.05) is 20.8 Å². The number of fused-ring (bicyclic) bond motifs is 3. The first-order chi connectivity index (χ1) is 24.8. The van der Waals surface area contributed by atoms with Crippen molar-refractivity contribution in [2.24, 2.45) is 22.2 Å². The van der Waals surface area contributed by atoms with Gasteiger partial charge in [0, 0.05) is 60.1 Å². The summed E-state index contributed by atoms with van der Waals surface area (Å²) >= 11 is 0. The van der Waals surface area contributed by atoms with Crippen LogP contribution in [0.2, 0.25) is 0 Å². The van der Waals surface area contributed by atoms with Crippen LogP contribution in [0.15, 0.2) is 46.3 Å². The lowest BCUT2D eigenvalue weighted by atomic mass is 9.34. The van der Waals surface area contributed by atoms with Crippen molar-refractivity contribution in [3.8, 4) is 0 Å². The van der Waals surface area contributed by atoms with Crippen LogP contribution in [-0.4, -0.2) is 77.5 Å². The molecule has 7 aliphatic rings. The second-order valence-corrected chi connectivity index (χ2v) is 16.5. The molecule has 2 unspecified atom stereocenters. The predicted molar refractivity (Wildman–Crippen MR) is 178 cm³/mol. The zero-order valence-corrected chi connectivity index (χ0v) is 31.4. The van der Waals surface area contributed by atoms with Gasteiger partial charge in [0.15, 0.2) is 17.8 Å². The molecule has 0 N–H and O–H groups in total. The van der Waals surface area contributed by atoms with Crippen molar-refractivity contribution in [3.05, 3.63) is 47.5 Å². The molecule has 14 nitrogen and oxygen atoms in total. The Balaban J connectivity index is 1.52. The maximum absolute atomic E-state index is 14.0. The Kier molecular flexibility index (Phi) is 7.34. The summed E-state index contributed by atoms with van der Waals surface area (Å²) in [6, 6.07) is 1.71. The van der Waals surface area contributed by atoms with E-state index in [-0.39, 0.29) is 31.3 Å². The van der Waals surface area contributed by atoms with Crippen molar-refractivity contribution in [1.82, 2.24) is 0 Å². The van der Waals surface area contributed by atoms with E-state index in [1.54, 1.807) is 39.8 Å². The van der Waals surface area contributed by atoms with Gasteiger partial charge in [-0.1, -0.05) is 33.8 Å². The number of ether oxygens (including phenoxy) is 8. The molecular weight excluding hydrogens is 692 g/mol. The van der Waals surface area contributed by atoms with Gasteiger partial charge in [-0.25, -0.2) is 9.59 Å². The van der Waals surface area contributed by atoms with Gasteiger partial charge in [0.05, 0.1) is 19.6 Å². The van der Waals surface area contributed by atoms with E-state index in [0.717, 1.165) is 0 Å². The zero-order chi connectivity index (χ0) is 38.4. The number of allylic oxidation sites excluding steroid dienone is 1. The Bertz CT molecular complexity index is 1900. The molecule has 14 heteroatoms. The smallest absolute Gasteiger partial charge is 0.333 e. The molecule has 4 bridgehead atoms. The lowest BCUT2D eigenvalue weighted by Crippen LogP contribution is -2.93. The van der Waals surface area contributed by atoms with Crippen LogP contribution in [0.1, 0.15) is 99.2 Å². The topological polar surface area (TPSA) is 172 Å². The largest absolute Gasteiger partial charge is 0.472 e. The normalized spacial score (nSPS) is 46.8. The average Bonchev–Trinajstić information content (AvgIpc) is 3.80. The maximum atomic E-state index is 14.0. The summed E-state index contributed by atoms with van der Waals surface area (Å²) < 4.78 is 58.1. The van der Waals surface area contributed by atoms with Gasteiger partial charge in [-0.3, -0.25) is 14.4 Å². The lowest BCUT2D eigenvalue weighted by molar-refractivity contribution is -0.474. The van der Waals surface area contributed by atoms with Gasteiger partial charge < -0.3 is 42.3 Å². The number of cyclic esters (lactones) is 1. The van der Waals surface area contributed by atoms with Gasteiger partial charge in [-0.2, -0.15) is 0 Å². The van der Waals surface area contributed by atoms with E-state index >= 15 is 0 Å². The van der Waals surface area contributed by atoms with Crippen molar-refractivity contribution in [1.29, 1.82) is 0 Å². The maximum Gasteiger partial charge on any atom is 0.333 e. The van der Waals surface area contributed by atoms with E-state index in [4.69, 9.17) is 42.3 Å². The third kappa shape index (κ3) is 3.82. The zero-order valence-electron chi connectivity index (χ0n) is 31.4. The van der Waals surface area contributed by atoms with E-state index < -0.39 is 98.7 Å². The fraction of sp³-hybridized carbons (Fsp3) is 0.667. The molecule has 1 aromatic rings. The molecule has 4 heterocycles. The highest BCUT2D eigenvalue weighted by atomic mass is 16.9. The lowest BCUT2D eigenvalue weighted by Gasteiger charge is -2.76. The highest BCUT2D eigenvalue weighted by molar-refractivity contribution is 5.88. The van der Waals surface area contributed by atoms with Gasteiger partial charge in [-0.15, -0.1) is 0 Å². The number of esters is 5. The van der Waals surface area contributed by atoms with Crippen molar-refractivity contribution >= 4 is 29.8 Å². The third-order valence-corrected chi connectivity index (χ3v) is 14.2. The molecule has 0 aromatic carbocycles. The van der Waals surface area contributed by atoms with Gasteiger partial charge in [-0.05, 0) is 50.7 Å². The van der Waals surface area contributed by atoms with Gasteiger partial charge in [0.1, 0.15) is 17.3 Å².